The van der Waals surface area contributed by atoms with Gasteiger partial charge >= 0.3 is 0 Å². The molecule has 0 unspecified atom stereocenters. The Bertz CT molecular complexity index is 499. The SMILES string of the molecule is COc1cc(OC)c2c(Br)ccnc2c1. The van der Waals surface area contributed by atoms with E-state index in [0.717, 1.165) is 26.9 Å². The third kappa shape index (κ3) is 1.77. The first kappa shape index (κ1) is 10.2. The van der Waals surface area contributed by atoms with Gasteiger partial charge in [0.1, 0.15) is 11.5 Å². The van der Waals surface area contributed by atoms with Crippen molar-refractivity contribution in [2.75, 3.05) is 14.2 Å². The van der Waals surface area contributed by atoms with Gasteiger partial charge in [0.25, 0.3) is 0 Å². The lowest BCUT2D eigenvalue weighted by Gasteiger charge is -2.09. The molecule has 0 saturated carbocycles. The number of fused-ring (bicyclic) bond motifs is 1. The van der Waals surface area contributed by atoms with Gasteiger partial charge in [-0.05, 0) is 22.0 Å². The molecule has 1 aromatic heterocycles. The molecule has 0 radical (unpaired) electrons. The molecule has 0 bridgehead atoms. The molecule has 4 heteroatoms. The fraction of sp³-hybridized carbons (Fsp3) is 0.182. The van der Waals surface area contributed by atoms with Crippen LogP contribution in [0.4, 0.5) is 0 Å². The minimum absolute atomic E-state index is 0.741. The minimum atomic E-state index is 0.741. The van der Waals surface area contributed by atoms with Gasteiger partial charge in [-0.1, -0.05) is 0 Å². The second-order valence-corrected chi connectivity index (χ2v) is 3.87. The summed E-state index contributed by atoms with van der Waals surface area (Å²) in [6.07, 6.45) is 1.74. The van der Waals surface area contributed by atoms with Crippen molar-refractivity contribution in [1.82, 2.24) is 4.98 Å². The van der Waals surface area contributed by atoms with E-state index in [2.05, 4.69) is 20.9 Å². The molecule has 0 atom stereocenters. The van der Waals surface area contributed by atoms with E-state index in [-0.39, 0.29) is 0 Å². The normalized spacial score (nSPS) is 10.3. The number of benzene rings is 1. The Morgan fingerprint density at radius 2 is 2.00 bits per heavy atom. The summed E-state index contributed by atoms with van der Waals surface area (Å²) < 4.78 is 11.4. The summed E-state index contributed by atoms with van der Waals surface area (Å²) in [5.74, 6) is 1.49. The van der Waals surface area contributed by atoms with E-state index in [1.807, 2.05) is 18.2 Å². The largest absolute Gasteiger partial charge is 0.497 e. The second-order valence-electron chi connectivity index (χ2n) is 3.02. The van der Waals surface area contributed by atoms with E-state index >= 15 is 0 Å². The number of methoxy groups -OCH3 is 2. The highest BCUT2D eigenvalue weighted by molar-refractivity contribution is 9.10. The summed E-state index contributed by atoms with van der Waals surface area (Å²) in [6, 6.07) is 5.61. The molecule has 0 aliphatic rings. The van der Waals surface area contributed by atoms with Crippen LogP contribution in [0.3, 0.4) is 0 Å². The molecule has 0 spiro atoms. The maximum absolute atomic E-state index is 5.30. The van der Waals surface area contributed by atoms with Gasteiger partial charge < -0.3 is 9.47 Å². The summed E-state index contributed by atoms with van der Waals surface area (Å²) in [6.45, 7) is 0. The molecule has 0 N–H and O–H groups in total. The van der Waals surface area contributed by atoms with Gasteiger partial charge in [-0.2, -0.15) is 0 Å². The number of hydrogen-bond acceptors (Lipinski definition) is 3. The number of hydrogen-bond donors (Lipinski definition) is 0. The van der Waals surface area contributed by atoms with Crippen molar-refractivity contribution < 1.29 is 9.47 Å². The van der Waals surface area contributed by atoms with Crippen LogP contribution >= 0.6 is 15.9 Å². The van der Waals surface area contributed by atoms with E-state index in [9.17, 15) is 0 Å². The van der Waals surface area contributed by atoms with E-state index in [4.69, 9.17) is 9.47 Å². The quantitative estimate of drug-likeness (QED) is 0.838. The number of pyridine rings is 1. The van der Waals surface area contributed by atoms with Crippen molar-refractivity contribution in [3.63, 3.8) is 0 Å². The van der Waals surface area contributed by atoms with Crippen LogP contribution in [0.2, 0.25) is 0 Å². The van der Waals surface area contributed by atoms with Crippen molar-refractivity contribution in [2.24, 2.45) is 0 Å². The standard InChI is InChI=1S/C11H10BrNO2/c1-14-7-5-9-11(10(6-7)15-2)8(12)3-4-13-9/h3-6H,1-2H3. The average Bonchev–Trinajstić information content (AvgIpc) is 2.27. The molecule has 0 saturated heterocycles. The van der Waals surface area contributed by atoms with E-state index in [0.29, 0.717) is 0 Å². The minimum Gasteiger partial charge on any atom is -0.497 e. The maximum atomic E-state index is 5.30. The van der Waals surface area contributed by atoms with Gasteiger partial charge in [0.05, 0.1) is 25.1 Å². The Morgan fingerprint density at radius 3 is 2.67 bits per heavy atom. The molecule has 15 heavy (non-hydrogen) atoms. The first-order valence-corrected chi connectivity index (χ1v) is 5.22. The molecule has 0 aliphatic carbocycles. The van der Waals surface area contributed by atoms with Crippen LogP contribution in [0.5, 0.6) is 11.5 Å². The highest BCUT2D eigenvalue weighted by atomic mass is 79.9. The molecular formula is C11H10BrNO2. The second kappa shape index (κ2) is 4.06. The van der Waals surface area contributed by atoms with Crippen LogP contribution in [0, 0.1) is 0 Å². The van der Waals surface area contributed by atoms with Crippen LogP contribution < -0.4 is 9.47 Å². The first-order chi connectivity index (χ1) is 7.26. The summed E-state index contributed by atoms with van der Waals surface area (Å²) in [5.41, 5.74) is 0.848. The van der Waals surface area contributed by atoms with E-state index < -0.39 is 0 Å². The van der Waals surface area contributed by atoms with Crippen molar-refractivity contribution in [1.29, 1.82) is 0 Å². The Balaban J connectivity index is 2.81. The fourth-order valence-electron chi connectivity index (χ4n) is 1.46. The molecule has 2 rings (SSSR count). The zero-order chi connectivity index (χ0) is 10.8. The Morgan fingerprint density at radius 1 is 1.20 bits per heavy atom. The lowest BCUT2D eigenvalue weighted by molar-refractivity contribution is 0.397. The van der Waals surface area contributed by atoms with Crippen molar-refractivity contribution >= 4 is 26.8 Å². The Kier molecular flexibility index (Phi) is 2.77. The highest BCUT2D eigenvalue weighted by Gasteiger charge is 2.08. The molecular weight excluding hydrogens is 258 g/mol. The summed E-state index contributed by atoms with van der Waals surface area (Å²) >= 11 is 3.47. The van der Waals surface area contributed by atoms with Gasteiger partial charge in [0.15, 0.2) is 0 Å². The Hall–Kier alpha value is -1.29. The van der Waals surface area contributed by atoms with Crippen LogP contribution in [0.25, 0.3) is 10.9 Å². The molecule has 0 aliphatic heterocycles. The topological polar surface area (TPSA) is 31.4 Å². The number of rotatable bonds is 2. The molecule has 1 aromatic carbocycles. The summed E-state index contributed by atoms with van der Waals surface area (Å²) in [4.78, 5) is 4.27. The van der Waals surface area contributed by atoms with Gasteiger partial charge in [0.2, 0.25) is 0 Å². The van der Waals surface area contributed by atoms with Crippen molar-refractivity contribution in [3.8, 4) is 11.5 Å². The average molecular weight is 268 g/mol. The molecule has 0 fully saturated rings. The first-order valence-electron chi connectivity index (χ1n) is 4.42. The Labute approximate surface area is 96.2 Å². The van der Waals surface area contributed by atoms with Crippen LogP contribution in [-0.4, -0.2) is 19.2 Å². The summed E-state index contributed by atoms with van der Waals surface area (Å²) in [7, 11) is 3.26. The molecule has 78 valence electrons. The predicted molar refractivity (Wildman–Crippen MR) is 62.5 cm³/mol. The zero-order valence-corrected chi connectivity index (χ0v) is 10.0. The van der Waals surface area contributed by atoms with E-state index in [1.165, 1.54) is 0 Å². The third-order valence-corrected chi connectivity index (χ3v) is 2.84. The lowest BCUT2D eigenvalue weighted by Crippen LogP contribution is -1.90. The van der Waals surface area contributed by atoms with Gasteiger partial charge in [-0.25, -0.2) is 0 Å². The number of halogens is 1. The molecule has 0 amide bonds. The molecule has 2 aromatic rings. The van der Waals surface area contributed by atoms with Crippen molar-refractivity contribution in [3.05, 3.63) is 28.9 Å². The van der Waals surface area contributed by atoms with Crippen LogP contribution in [0.1, 0.15) is 0 Å². The van der Waals surface area contributed by atoms with Gasteiger partial charge in [-0.3, -0.25) is 4.98 Å². The van der Waals surface area contributed by atoms with Crippen LogP contribution in [-0.2, 0) is 0 Å². The zero-order valence-electron chi connectivity index (χ0n) is 8.45. The van der Waals surface area contributed by atoms with Crippen molar-refractivity contribution in [2.45, 2.75) is 0 Å². The lowest BCUT2D eigenvalue weighted by atomic mass is 10.2. The number of ether oxygens (including phenoxy) is 2. The maximum Gasteiger partial charge on any atom is 0.133 e. The monoisotopic (exact) mass is 267 g/mol. The number of nitrogens with zero attached hydrogens (tertiary/aromatic N) is 1. The van der Waals surface area contributed by atoms with Gasteiger partial charge in [0, 0.05) is 22.8 Å². The number of aromatic nitrogens is 1. The van der Waals surface area contributed by atoms with E-state index in [1.54, 1.807) is 20.4 Å². The molecule has 3 nitrogen and oxygen atoms in total. The van der Waals surface area contributed by atoms with Crippen LogP contribution in [0.15, 0.2) is 28.9 Å². The third-order valence-electron chi connectivity index (χ3n) is 2.18. The van der Waals surface area contributed by atoms with Gasteiger partial charge in [-0.15, -0.1) is 0 Å². The highest BCUT2D eigenvalue weighted by Crippen LogP contribution is 2.34. The predicted octanol–water partition coefficient (Wildman–Crippen LogP) is 3.01. The molecule has 1 heterocycles. The smallest absolute Gasteiger partial charge is 0.133 e. The fourth-order valence-corrected chi connectivity index (χ4v) is 1.98. The summed E-state index contributed by atoms with van der Waals surface area (Å²) in [5, 5.41) is 0.959.